The number of aliphatic hydroxyl groups excluding tert-OH is 4. The Kier molecular flexibility index (Phi) is 19.5. The van der Waals surface area contributed by atoms with E-state index in [0.29, 0.717) is 74.2 Å². The fraction of sp³-hybridized carbons (Fsp3) is 0.652. The van der Waals surface area contributed by atoms with Crippen LogP contribution in [0.5, 0.6) is 0 Å². The highest BCUT2D eigenvalue weighted by molar-refractivity contribution is 5.96. The number of carboxylic acids is 1. The zero-order chi connectivity index (χ0) is 47.7. The van der Waals surface area contributed by atoms with Crippen LogP contribution in [0, 0.1) is 11.3 Å². The number of aliphatic carboxylic acids is 1. The van der Waals surface area contributed by atoms with Crippen LogP contribution in [0.15, 0.2) is 24.3 Å². The van der Waals surface area contributed by atoms with Gasteiger partial charge in [-0.3, -0.25) is 25.1 Å². The van der Waals surface area contributed by atoms with E-state index in [-0.39, 0.29) is 56.5 Å². The van der Waals surface area contributed by atoms with Crippen molar-refractivity contribution >= 4 is 58.2 Å². The van der Waals surface area contributed by atoms with Gasteiger partial charge in [0.25, 0.3) is 0 Å². The maximum atomic E-state index is 13.2. The number of nitrogens with zero attached hydrogens (tertiary/aromatic N) is 9. The molecule has 3 saturated heterocycles. The summed E-state index contributed by atoms with van der Waals surface area (Å²) in [5, 5.41) is 60.8. The van der Waals surface area contributed by atoms with Crippen molar-refractivity contribution in [3.8, 4) is 0 Å². The topological polar surface area (TPSA) is 294 Å². The molecule has 1 saturated carbocycles. The van der Waals surface area contributed by atoms with E-state index < -0.39 is 18.1 Å². The Balaban J connectivity index is 0.000000224. The molecule has 368 valence electrons. The Morgan fingerprint density at radius 2 is 1.16 bits per heavy atom. The number of nitrogens with one attached hydrogen (secondary N) is 3. The van der Waals surface area contributed by atoms with Crippen LogP contribution in [0.25, 0.3) is 11.0 Å². The van der Waals surface area contributed by atoms with Crippen LogP contribution >= 0.6 is 0 Å². The van der Waals surface area contributed by atoms with E-state index in [4.69, 9.17) is 36.2 Å². The minimum Gasteiger partial charge on any atom is -0.480 e. The van der Waals surface area contributed by atoms with Crippen LogP contribution in [0.4, 0.5) is 23.5 Å². The van der Waals surface area contributed by atoms with Crippen molar-refractivity contribution < 1.29 is 39.9 Å². The molecule has 4 fully saturated rings. The molecule has 0 radical (unpaired) electrons. The summed E-state index contributed by atoms with van der Waals surface area (Å²) >= 11 is 0. The number of piperidine rings is 2. The van der Waals surface area contributed by atoms with E-state index in [2.05, 4.69) is 20.4 Å². The average molecular weight is 934 g/mol. The normalized spacial score (nSPS) is 18.1. The number of fused-ring (bicyclic) bond motifs is 1. The van der Waals surface area contributed by atoms with Crippen LogP contribution in [-0.2, 0) is 20.9 Å². The van der Waals surface area contributed by atoms with E-state index in [0.717, 1.165) is 101 Å². The number of likely N-dealkylation sites (tertiary alicyclic amines) is 1. The molecule has 0 spiro atoms. The summed E-state index contributed by atoms with van der Waals surface area (Å²) in [5.74, 6) is 1.05. The number of anilines is 4. The number of benzene rings is 1. The summed E-state index contributed by atoms with van der Waals surface area (Å²) < 4.78 is 0. The lowest BCUT2D eigenvalue weighted by Crippen LogP contribution is -2.63. The van der Waals surface area contributed by atoms with Gasteiger partial charge in [0.15, 0.2) is 11.6 Å². The second-order valence-electron chi connectivity index (χ2n) is 17.7. The molecule has 5 heterocycles. The van der Waals surface area contributed by atoms with Gasteiger partial charge in [0.2, 0.25) is 23.7 Å². The largest absolute Gasteiger partial charge is 0.480 e. The monoisotopic (exact) mass is 934 g/mol. The van der Waals surface area contributed by atoms with Gasteiger partial charge in [-0.1, -0.05) is 43.5 Å². The van der Waals surface area contributed by atoms with E-state index in [9.17, 15) is 34.8 Å². The fourth-order valence-corrected chi connectivity index (χ4v) is 9.34. The van der Waals surface area contributed by atoms with Gasteiger partial charge in [-0.15, -0.1) is 0 Å². The SMILES string of the molecule is N=C(N)c1ccc(CNC(=O)[C@@H]2CCN2C(=O)[C@H](NCC(=O)O)C2CCCCC2)cc1.OCCN(CCO)c1nc(N2CCCCC2)c2nc(N(CCO)CCO)nc(N3CCCCC3)c2n1. The van der Waals surface area contributed by atoms with Gasteiger partial charge in [-0.2, -0.15) is 9.97 Å². The lowest BCUT2D eigenvalue weighted by Gasteiger charge is -2.43. The summed E-state index contributed by atoms with van der Waals surface area (Å²) in [7, 11) is 0. The number of amides is 2. The predicted molar refractivity (Wildman–Crippen MR) is 255 cm³/mol. The number of nitrogens with two attached hydrogens (primary N) is 1. The molecule has 7 rings (SSSR count). The Labute approximate surface area is 392 Å². The quantitative estimate of drug-likeness (QED) is 0.0527. The van der Waals surface area contributed by atoms with Gasteiger partial charge in [0.05, 0.1) is 39.0 Å². The second-order valence-corrected chi connectivity index (χ2v) is 17.7. The lowest BCUT2D eigenvalue weighted by molar-refractivity contribution is -0.150. The summed E-state index contributed by atoms with van der Waals surface area (Å²) in [4.78, 5) is 66.3. The van der Waals surface area contributed by atoms with Crippen molar-refractivity contribution in [2.45, 2.75) is 95.7 Å². The highest BCUT2D eigenvalue weighted by Gasteiger charge is 2.42. The van der Waals surface area contributed by atoms with Crippen LogP contribution in [0.1, 0.15) is 88.2 Å². The van der Waals surface area contributed by atoms with Crippen LogP contribution < -0.4 is 36.0 Å². The molecule has 1 aromatic carbocycles. The summed E-state index contributed by atoms with van der Waals surface area (Å²) in [5.41, 5.74) is 8.25. The number of carbonyl (C=O) groups is 3. The van der Waals surface area contributed by atoms with Gasteiger partial charge >= 0.3 is 5.97 Å². The molecule has 0 unspecified atom stereocenters. The van der Waals surface area contributed by atoms with Gasteiger partial charge in [-0.25, -0.2) is 9.97 Å². The number of carboxylic acid groups (broad SMARTS) is 1. The first-order chi connectivity index (χ1) is 32.6. The Hall–Kier alpha value is -5.48. The minimum atomic E-state index is -0.998. The molecule has 10 N–H and O–H groups in total. The molecule has 3 aliphatic heterocycles. The van der Waals surface area contributed by atoms with Crippen molar-refractivity contribution in [3.05, 3.63) is 35.4 Å². The molecular formula is C46H71N13O8. The third kappa shape index (κ3) is 13.6. The second kappa shape index (κ2) is 25.6. The van der Waals surface area contributed by atoms with E-state index in [1.807, 2.05) is 0 Å². The van der Waals surface area contributed by atoms with Gasteiger partial charge in [0.1, 0.15) is 22.9 Å². The van der Waals surface area contributed by atoms with Gasteiger partial charge in [0, 0.05) is 71.0 Å². The molecule has 2 aromatic heterocycles. The Morgan fingerprint density at radius 3 is 1.58 bits per heavy atom. The van der Waals surface area contributed by atoms with Crippen molar-refractivity contribution in [2.75, 3.05) is 111 Å². The highest BCUT2D eigenvalue weighted by atomic mass is 16.4. The molecule has 21 nitrogen and oxygen atoms in total. The zero-order valence-corrected chi connectivity index (χ0v) is 38.7. The number of hydrogen-bond donors (Lipinski definition) is 9. The standard InChI is InChI=1S/C24H40N8O4.C22H31N5O4/c33-15-11-31(12-16-34)23-26-20-19(21(27-23)29-7-3-1-4-8-29)25-24(32(13-17-35)14-18-36)28-22(20)30-9-5-2-6-10-30;23-20(24)16-8-6-14(7-9-16)12-26-21(30)17-10-11-27(17)22(31)19(25-13-18(28)29)15-4-2-1-3-5-15/h33-36H,1-18H2;6-9,15,17,19,25H,1-5,10-13H2,(H3,23,24)(H,26,30)(H,28,29)/t;17-,19+/m.0/s1. The Bertz CT molecular complexity index is 1990. The molecule has 4 aliphatic rings. The number of rotatable bonds is 21. The van der Waals surface area contributed by atoms with Crippen LogP contribution in [0.2, 0.25) is 0 Å². The van der Waals surface area contributed by atoms with Crippen molar-refractivity contribution in [1.29, 1.82) is 5.41 Å². The van der Waals surface area contributed by atoms with E-state index in [1.165, 1.54) is 12.8 Å². The van der Waals surface area contributed by atoms with Crippen LogP contribution in [0.3, 0.4) is 0 Å². The molecule has 21 heteroatoms. The maximum Gasteiger partial charge on any atom is 0.317 e. The van der Waals surface area contributed by atoms with Gasteiger partial charge < -0.3 is 61.1 Å². The van der Waals surface area contributed by atoms with E-state index >= 15 is 0 Å². The number of nitrogen functional groups attached to an aromatic ring is 1. The maximum absolute atomic E-state index is 13.2. The zero-order valence-electron chi connectivity index (χ0n) is 38.7. The molecule has 2 atom stereocenters. The van der Waals surface area contributed by atoms with E-state index in [1.54, 1.807) is 39.0 Å². The number of carbonyl (C=O) groups excluding carboxylic acids is 2. The van der Waals surface area contributed by atoms with Crippen molar-refractivity contribution in [1.82, 2.24) is 35.5 Å². The summed E-state index contributed by atoms with van der Waals surface area (Å²) in [6.07, 6.45) is 12.2. The summed E-state index contributed by atoms with van der Waals surface area (Å²) in [6, 6.07) is 5.97. The fourth-order valence-electron chi connectivity index (χ4n) is 9.34. The molecular weight excluding hydrogens is 863 g/mol. The van der Waals surface area contributed by atoms with Gasteiger partial charge in [-0.05, 0) is 69.3 Å². The predicted octanol–water partition coefficient (Wildman–Crippen LogP) is 0.793. The van der Waals surface area contributed by atoms with Crippen molar-refractivity contribution in [2.24, 2.45) is 11.7 Å². The summed E-state index contributed by atoms with van der Waals surface area (Å²) in [6.45, 7) is 4.93. The lowest BCUT2D eigenvalue weighted by atomic mass is 9.82. The third-order valence-corrected chi connectivity index (χ3v) is 13.0. The smallest absolute Gasteiger partial charge is 0.317 e. The number of aromatic nitrogens is 4. The van der Waals surface area contributed by atoms with Crippen LogP contribution in [-0.4, -0.2) is 178 Å². The molecule has 3 aromatic rings. The molecule has 0 bridgehead atoms. The number of amidine groups is 1. The first-order valence-electron chi connectivity index (χ1n) is 24.1. The molecule has 1 aliphatic carbocycles. The highest BCUT2D eigenvalue weighted by Crippen LogP contribution is 2.35. The number of aliphatic hydroxyl groups is 4. The average Bonchev–Trinajstić information content (AvgIpc) is 3.33. The first-order valence-corrected chi connectivity index (χ1v) is 24.1. The molecule has 2 amide bonds. The first kappa shape index (κ1) is 50.9. The van der Waals surface area contributed by atoms with Crippen molar-refractivity contribution in [3.63, 3.8) is 0 Å². The number of hydrogen-bond acceptors (Lipinski definition) is 17. The minimum absolute atomic E-state index is 0.0109. The Morgan fingerprint density at radius 1 is 0.687 bits per heavy atom. The molecule has 67 heavy (non-hydrogen) atoms. The third-order valence-electron chi connectivity index (χ3n) is 13.0.